The van der Waals surface area contributed by atoms with E-state index < -0.39 is 12.0 Å². The van der Waals surface area contributed by atoms with Crippen LogP contribution in [0.3, 0.4) is 0 Å². The van der Waals surface area contributed by atoms with Crippen molar-refractivity contribution < 1.29 is 23.9 Å². The van der Waals surface area contributed by atoms with Crippen molar-refractivity contribution in [3.8, 4) is 0 Å². The van der Waals surface area contributed by atoms with Gasteiger partial charge in [-0.25, -0.2) is 9.59 Å². The number of rotatable bonds is 9. The third kappa shape index (κ3) is 5.56. The van der Waals surface area contributed by atoms with Gasteiger partial charge in [-0.15, -0.1) is 0 Å². The van der Waals surface area contributed by atoms with Gasteiger partial charge in [0.2, 0.25) is 0 Å². The lowest BCUT2D eigenvalue weighted by molar-refractivity contribution is 0.0593. The lowest BCUT2D eigenvalue weighted by atomic mass is 10.00. The van der Waals surface area contributed by atoms with Crippen LogP contribution in [0.5, 0.6) is 0 Å². The van der Waals surface area contributed by atoms with E-state index in [-0.39, 0.29) is 23.6 Å². The molecule has 0 aromatic carbocycles. The van der Waals surface area contributed by atoms with Crippen molar-refractivity contribution in [2.24, 2.45) is 0 Å². The summed E-state index contributed by atoms with van der Waals surface area (Å²) in [6.45, 7) is 9.70. The second-order valence-electron chi connectivity index (χ2n) is 6.80. The Morgan fingerprint density at radius 2 is 1.78 bits per heavy atom. The zero-order valence-electron chi connectivity index (χ0n) is 17.3. The molecule has 1 rings (SSSR count). The van der Waals surface area contributed by atoms with E-state index in [0.717, 1.165) is 0 Å². The molecule has 0 saturated heterocycles. The predicted octanol–water partition coefficient (Wildman–Crippen LogP) is 2.45. The van der Waals surface area contributed by atoms with Gasteiger partial charge in [0, 0.05) is 37.6 Å². The number of urea groups is 1. The van der Waals surface area contributed by atoms with Gasteiger partial charge < -0.3 is 24.7 Å². The molecule has 1 atom stereocenters. The normalized spacial score (nSPS) is 12.0. The standard InChI is InChI=1S/C19H31N3O5/c1-11(2)20-19(25)22(9-8-10-26-6)14(5)17(23)15-12(3)16(18(24)27-7)21-13(15)4/h11,14,21H,8-10H2,1-7H3,(H,20,25). The summed E-state index contributed by atoms with van der Waals surface area (Å²) < 4.78 is 9.81. The van der Waals surface area contributed by atoms with Crippen LogP contribution in [0.2, 0.25) is 0 Å². The van der Waals surface area contributed by atoms with Gasteiger partial charge in [-0.2, -0.15) is 0 Å². The number of nitrogens with zero attached hydrogens (tertiary/aromatic N) is 1. The van der Waals surface area contributed by atoms with Crippen molar-refractivity contribution in [1.82, 2.24) is 15.2 Å². The maximum atomic E-state index is 13.1. The molecule has 1 aromatic rings. The Hall–Kier alpha value is -2.35. The summed E-state index contributed by atoms with van der Waals surface area (Å²) in [7, 11) is 2.88. The number of hydrogen-bond donors (Lipinski definition) is 2. The number of esters is 1. The van der Waals surface area contributed by atoms with E-state index in [1.54, 1.807) is 27.9 Å². The highest BCUT2D eigenvalue weighted by Gasteiger charge is 2.31. The van der Waals surface area contributed by atoms with Crippen molar-refractivity contribution in [3.05, 3.63) is 22.5 Å². The molecule has 152 valence electrons. The highest BCUT2D eigenvalue weighted by atomic mass is 16.5. The van der Waals surface area contributed by atoms with Gasteiger partial charge in [0.25, 0.3) is 0 Å². The maximum Gasteiger partial charge on any atom is 0.354 e. The monoisotopic (exact) mass is 381 g/mol. The number of aryl methyl sites for hydroxylation is 1. The topological polar surface area (TPSA) is 101 Å². The van der Waals surface area contributed by atoms with E-state index in [0.29, 0.717) is 36.4 Å². The quantitative estimate of drug-likeness (QED) is 0.389. The molecule has 8 heteroatoms. The molecule has 1 heterocycles. The number of H-pyrrole nitrogens is 1. The number of ketones is 1. The molecular weight excluding hydrogens is 350 g/mol. The third-order valence-electron chi connectivity index (χ3n) is 4.34. The first-order valence-electron chi connectivity index (χ1n) is 9.03. The molecule has 0 radical (unpaired) electrons. The largest absolute Gasteiger partial charge is 0.464 e. The Bertz CT molecular complexity index is 681. The molecule has 2 N–H and O–H groups in total. The molecular formula is C19H31N3O5. The van der Waals surface area contributed by atoms with Crippen LogP contribution < -0.4 is 5.32 Å². The van der Waals surface area contributed by atoms with Crippen LogP contribution >= 0.6 is 0 Å². The number of hydrogen-bond acceptors (Lipinski definition) is 5. The lowest BCUT2D eigenvalue weighted by Gasteiger charge is -2.29. The van der Waals surface area contributed by atoms with Gasteiger partial charge in [0.15, 0.2) is 5.78 Å². The maximum absolute atomic E-state index is 13.1. The predicted molar refractivity (Wildman–Crippen MR) is 102 cm³/mol. The molecule has 0 aliphatic heterocycles. The van der Waals surface area contributed by atoms with E-state index in [1.807, 2.05) is 13.8 Å². The number of carbonyl (C=O) groups excluding carboxylic acids is 3. The van der Waals surface area contributed by atoms with Gasteiger partial charge in [-0.1, -0.05) is 0 Å². The van der Waals surface area contributed by atoms with Crippen molar-refractivity contribution in [3.63, 3.8) is 0 Å². The van der Waals surface area contributed by atoms with E-state index >= 15 is 0 Å². The number of aromatic amines is 1. The van der Waals surface area contributed by atoms with Crippen LogP contribution in [0.15, 0.2) is 0 Å². The average Bonchev–Trinajstić information content (AvgIpc) is 2.90. The average molecular weight is 381 g/mol. The first kappa shape index (κ1) is 22.7. The molecule has 2 amide bonds. The fraction of sp³-hybridized carbons (Fsp3) is 0.632. The highest BCUT2D eigenvalue weighted by Crippen LogP contribution is 2.22. The summed E-state index contributed by atoms with van der Waals surface area (Å²) >= 11 is 0. The Balaban J connectivity index is 3.15. The first-order valence-corrected chi connectivity index (χ1v) is 9.03. The van der Waals surface area contributed by atoms with E-state index in [1.165, 1.54) is 12.0 Å². The van der Waals surface area contributed by atoms with Crippen molar-refractivity contribution >= 4 is 17.8 Å². The molecule has 8 nitrogen and oxygen atoms in total. The summed E-state index contributed by atoms with van der Waals surface area (Å²) in [6, 6.07) is -1.05. The van der Waals surface area contributed by atoms with Crippen LogP contribution in [0.25, 0.3) is 0 Å². The summed E-state index contributed by atoms with van der Waals surface area (Å²) in [5.41, 5.74) is 1.77. The van der Waals surface area contributed by atoms with Crippen molar-refractivity contribution in [2.45, 2.75) is 53.1 Å². The summed E-state index contributed by atoms with van der Waals surface area (Å²) in [5, 5.41) is 2.83. The number of Topliss-reactive ketones (excluding diaryl/α,β-unsaturated/α-hetero) is 1. The number of aromatic nitrogens is 1. The smallest absolute Gasteiger partial charge is 0.354 e. The van der Waals surface area contributed by atoms with Gasteiger partial charge in [0.05, 0.1) is 13.2 Å². The zero-order chi connectivity index (χ0) is 20.7. The fourth-order valence-corrected chi connectivity index (χ4v) is 2.96. The second-order valence-corrected chi connectivity index (χ2v) is 6.80. The summed E-state index contributed by atoms with van der Waals surface area (Å²) in [5.74, 6) is -0.760. The summed E-state index contributed by atoms with van der Waals surface area (Å²) in [6.07, 6.45) is 0.609. The van der Waals surface area contributed by atoms with Crippen LogP contribution in [0, 0.1) is 13.8 Å². The number of nitrogens with one attached hydrogen (secondary N) is 2. The Morgan fingerprint density at radius 1 is 1.15 bits per heavy atom. The number of carbonyl (C=O) groups is 3. The lowest BCUT2D eigenvalue weighted by Crippen LogP contribution is -2.50. The number of amides is 2. The molecule has 0 spiro atoms. The SMILES string of the molecule is COCCCN(C(=O)NC(C)C)C(C)C(=O)c1c(C)[nH]c(C(=O)OC)c1C. The molecule has 1 aromatic heterocycles. The van der Waals surface area contributed by atoms with Gasteiger partial charge >= 0.3 is 12.0 Å². The van der Waals surface area contributed by atoms with Gasteiger partial charge in [-0.05, 0) is 46.6 Å². The van der Waals surface area contributed by atoms with Crippen LogP contribution in [0.1, 0.15) is 59.3 Å². The molecule has 27 heavy (non-hydrogen) atoms. The molecule has 1 unspecified atom stereocenters. The minimum Gasteiger partial charge on any atom is -0.464 e. The van der Waals surface area contributed by atoms with E-state index in [2.05, 4.69) is 10.3 Å². The third-order valence-corrected chi connectivity index (χ3v) is 4.34. The molecule has 0 saturated carbocycles. The van der Waals surface area contributed by atoms with E-state index in [9.17, 15) is 14.4 Å². The highest BCUT2D eigenvalue weighted by molar-refractivity contribution is 6.06. The van der Waals surface area contributed by atoms with Gasteiger partial charge in [0.1, 0.15) is 5.69 Å². The Labute approximate surface area is 160 Å². The minimum atomic E-state index is -0.695. The number of ether oxygens (including phenoxy) is 2. The van der Waals surface area contributed by atoms with E-state index in [4.69, 9.17) is 9.47 Å². The van der Waals surface area contributed by atoms with Gasteiger partial charge in [-0.3, -0.25) is 4.79 Å². The van der Waals surface area contributed by atoms with Crippen LogP contribution in [-0.4, -0.2) is 67.1 Å². The second kappa shape index (κ2) is 10.1. The molecule has 0 fully saturated rings. The Morgan fingerprint density at radius 3 is 2.30 bits per heavy atom. The Kier molecular flexibility index (Phi) is 8.49. The van der Waals surface area contributed by atoms with Crippen molar-refractivity contribution in [1.29, 1.82) is 0 Å². The number of methoxy groups -OCH3 is 2. The molecule has 0 aliphatic carbocycles. The first-order chi connectivity index (χ1) is 12.6. The zero-order valence-corrected chi connectivity index (χ0v) is 17.3. The summed E-state index contributed by atoms with van der Waals surface area (Å²) in [4.78, 5) is 42.0. The fourth-order valence-electron chi connectivity index (χ4n) is 2.96. The molecule has 0 bridgehead atoms. The molecule has 0 aliphatic rings. The van der Waals surface area contributed by atoms with Crippen LogP contribution in [-0.2, 0) is 9.47 Å². The minimum absolute atomic E-state index is 0.0496. The van der Waals surface area contributed by atoms with Crippen molar-refractivity contribution in [2.75, 3.05) is 27.4 Å². The van der Waals surface area contributed by atoms with Crippen LogP contribution in [0.4, 0.5) is 4.79 Å².